The van der Waals surface area contributed by atoms with Crippen molar-refractivity contribution < 1.29 is 0 Å². The highest BCUT2D eigenvalue weighted by Crippen LogP contribution is 2.34. The maximum atomic E-state index is 5.79. The molecule has 0 amide bonds. The second-order valence-electron chi connectivity index (χ2n) is 5.48. The van der Waals surface area contributed by atoms with Gasteiger partial charge in [-0.15, -0.1) is 22.7 Å². The minimum absolute atomic E-state index is 0.190. The zero-order valence-corrected chi connectivity index (χ0v) is 13.7. The zero-order valence-electron chi connectivity index (χ0n) is 12.0. The first-order chi connectivity index (χ1) is 9.67. The Morgan fingerprint density at radius 2 is 2.10 bits per heavy atom. The van der Waals surface area contributed by atoms with Crippen LogP contribution in [0.25, 0.3) is 0 Å². The van der Waals surface area contributed by atoms with Crippen LogP contribution in [0.3, 0.4) is 0 Å². The van der Waals surface area contributed by atoms with Crippen LogP contribution in [0.2, 0.25) is 0 Å². The van der Waals surface area contributed by atoms with Gasteiger partial charge in [0.2, 0.25) is 0 Å². The highest BCUT2D eigenvalue weighted by Gasteiger charge is 2.20. The van der Waals surface area contributed by atoms with E-state index in [1.54, 1.807) is 21.8 Å². The number of hydrogen-bond donors (Lipinski definition) is 2. The van der Waals surface area contributed by atoms with Crippen LogP contribution in [-0.2, 0) is 19.3 Å². The Balaban J connectivity index is 1.80. The van der Waals surface area contributed by atoms with E-state index >= 15 is 0 Å². The Bertz CT molecular complexity index is 557. The van der Waals surface area contributed by atoms with Gasteiger partial charge < -0.3 is 0 Å². The van der Waals surface area contributed by atoms with Crippen molar-refractivity contribution in [1.29, 1.82) is 0 Å². The standard InChI is InChI=1S/C15H21N3S2/c1-9-10(2)19-15(17-9)8-12(18-16)14-7-11-5-3-4-6-13(11)20-14/h7,12,18H,3-6,8,16H2,1-2H3. The Hall–Kier alpha value is -0.750. The van der Waals surface area contributed by atoms with E-state index in [1.807, 2.05) is 11.3 Å². The first kappa shape index (κ1) is 14.2. The van der Waals surface area contributed by atoms with Crippen molar-refractivity contribution in [3.63, 3.8) is 0 Å². The predicted octanol–water partition coefficient (Wildman–Crippen LogP) is 3.45. The number of nitrogens with one attached hydrogen (secondary N) is 1. The molecule has 1 aliphatic rings. The lowest BCUT2D eigenvalue weighted by Gasteiger charge is -2.12. The van der Waals surface area contributed by atoms with Gasteiger partial charge in [0.15, 0.2) is 0 Å². The summed E-state index contributed by atoms with van der Waals surface area (Å²) in [6.45, 7) is 4.20. The first-order valence-corrected chi connectivity index (χ1v) is 8.81. The smallest absolute Gasteiger partial charge is 0.0950 e. The predicted molar refractivity (Wildman–Crippen MR) is 86.3 cm³/mol. The van der Waals surface area contributed by atoms with E-state index in [0.29, 0.717) is 0 Å². The van der Waals surface area contributed by atoms with E-state index in [-0.39, 0.29) is 6.04 Å². The van der Waals surface area contributed by atoms with E-state index in [4.69, 9.17) is 5.84 Å². The van der Waals surface area contributed by atoms with Crippen molar-refractivity contribution in [1.82, 2.24) is 10.4 Å². The number of hydrogen-bond acceptors (Lipinski definition) is 5. The van der Waals surface area contributed by atoms with Crippen molar-refractivity contribution in [2.24, 2.45) is 5.84 Å². The van der Waals surface area contributed by atoms with Crippen LogP contribution in [0.15, 0.2) is 6.07 Å². The molecular weight excluding hydrogens is 286 g/mol. The highest BCUT2D eigenvalue weighted by atomic mass is 32.1. The maximum absolute atomic E-state index is 5.79. The van der Waals surface area contributed by atoms with Crippen LogP contribution < -0.4 is 11.3 Å². The number of aryl methyl sites for hydroxylation is 4. The summed E-state index contributed by atoms with van der Waals surface area (Å²) in [5.74, 6) is 5.79. The van der Waals surface area contributed by atoms with Crippen molar-refractivity contribution in [3.05, 3.63) is 37.0 Å². The van der Waals surface area contributed by atoms with Crippen LogP contribution in [0.5, 0.6) is 0 Å². The summed E-state index contributed by atoms with van der Waals surface area (Å²) in [5.41, 5.74) is 5.67. The van der Waals surface area contributed by atoms with Crippen LogP contribution in [0.1, 0.15) is 49.8 Å². The average molecular weight is 307 g/mol. The summed E-state index contributed by atoms with van der Waals surface area (Å²) in [6, 6.07) is 2.55. The van der Waals surface area contributed by atoms with Gasteiger partial charge in [0.25, 0.3) is 0 Å². The Morgan fingerprint density at radius 3 is 2.75 bits per heavy atom. The molecule has 0 saturated carbocycles. The molecule has 0 spiro atoms. The molecule has 3 N–H and O–H groups in total. The molecule has 0 saturated heterocycles. The van der Waals surface area contributed by atoms with Gasteiger partial charge in [-0.25, -0.2) is 4.98 Å². The van der Waals surface area contributed by atoms with Crippen molar-refractivity contribution in [2.75, 3.05) is 0 Å². The number of thiazole rings is 1. The van der Waals surface area contributed by atoms with Gasteiger partial charge in [-0.05, 0) is 51.2 Å². The fourth-order valence-corrected chi connectivity index (χ4v) is 5.03. The molecule has 2 heterocycles. The summed E-state index contributed by atoms with van der Waals surface area (Å²) in [4.78, 5) is 8.87. The molecule has 1 unspecified atom stereocenters. The molecule has 0 aromatic carbocycles. The largest absolute Gasteiger partial charge is 0.271 e. The van der Waals surface area contributed by atoms with Gasteiger partial charge in [0.1, 0.15) is 0 Å². The van der Waals surface area contributed by atoms with Gasteiger partial charge in [0, 0.05) is 21.1 Å². The summed E-state index contributed by atoms with van der Waals surface area (Å²) < 4.78 is 0. The molecule has 1 atom stereocenters. The lowest BCUT2D eigenvalue weighted by atomic mass is 9.98. The molecule has 108 valence electrons. The molecule has 20 heavy (non-hydrogen) atoms. The lowest BCUT2D eigenvalue weighted by molar-refractivity contribution is 0.558. The van der Waals surface area contributed by atoms with E-state index < -0.39 is 0 Å². The van der Waals surface area contributed by atoms with Crippen molar-refractivity contribution in [2.45, 2.75) is 52.0 Å². The molecule has 0 radical (unpaired) electrons. The molecule has 1 aliphatic carbocycles. The lowest BCUT2D eigenvalue weighted by Crippen LogP contribution is -2.28. The van der Waals surface area contributed by atoms with Gasteiger partial charge in [-0.3, -0.25) is 11.3 Å². The molecule has 3 rings (SSSR count). The third-order valence-corrected chi connectivity index (χ3v) is 6.46. The minimum Gasteiger partial charge on any atom is -0.271 e. The number of rotatable bonds is 4. The molecule has 2 aromatic heterocycles. The maximum Gasteiger partial charge on any atom is 0.0950 e. The number of thiophene rings is 1. The fraction of sp³-hybridized carbons (Fsp3) is 0.533. The van der Waals surface area contributed by atoms with Gasteiger partial charge in [0.05, 0.1) is 16.7 Å². The number of fused-ring (bicyclic) bond motifs is 1. The van der Waals surface area contributed by atoms with E-state index in [1.165, 1.54) is 40.4 Å². The van der Waals surface area contributed by atoms with Crippen molar-refractivity contribution >= 4 is 22.7 Å². The second-order valence-corrected chi connectivity index (χ2v) is 7.93. The molecule has 3 nitrogen and oxygen atoms in total. The number of aromatic nitrogens is 1. The number of hydrazine groups is 1. The highest BCUT2D eigenvalue weighted by molar-refractivity contribution is 7.12. The third-order valence-electron chi connectivity index (χ3n) is 4.01. The third kappa shape index (κ3) is 2.81. The van der Waals surface area contributed by atoms with Crippen molar-refractivity contribution in [3.8, 4) is 0 Å². The topological polar surface area (TPSA) is 50.9 Å². The van der Waals surface area contributed by atoms with Gasteiger partial charge >= 0.3 is 0 Å². The zero-order chi connectivity index (χ0) is 14.1. The Morgan fingerprint density at radius 1 is 1.30 bits per heavy atom. The van der Waals surface area contributed by atoms with E-state index in [9.17, 15) is 0 Å². The first-order valence-electron chi connectivity index (χ1n) is 7.18. The molecular formula is C15H21N3S2. The van der Waals surface area contributed by atoms with Crippen LogP contribution in [0, 0.1) is 13.8 Å². The van der Waals surface area contributed by atoms with E-state index in [0.717, 1.165) is 12.1 Å². The summed E-state index contributed by atoms with van der Waals surface area (Å²) in [7, 11) is 0. The molecule has 0 bridgehead atoms. The SMILES string of the molecule is Cc1nc(CC(NN)c2cc3c(s2)CCCC3)sc1C. The monoisotopic (exact) mass is 307 g/mol. The normalized spacial score (nSPS) is 16.1. The molecule has 0 fully saturated rings. The van der Waals surface area contributed by atoms with E-state index in [2.05, 4.69) is 30.3 Å². The quantitative estimate of drug-likeness (QED) is 0.672. The fourth-order valence-electron chi connectivity index (χ4n) is 2.73. The van der Waals surface area contributed by atoms with Crippen LogP contribution in [-0.4, -0.2) is 4.98 Å². The summed E-state index contributed by atoms with van der Waals surface area (Å²) >= 11 is 3.72. The minimum atomic E-state index is 0.190. The van der Waals surface area contributed by atoms with Crippen LogP contribution in [0.4, 0.5) is 0 Å². The Kier molecular flexibility index (Phi) is 4.21. The van der Waals surface area contributed by atoms with Gasteiger partial charge in [-0.1, -0.05) is 0 Å². The number of nitrogens with zero attached hydrogens (tertiary/aromatic N) is 1. The second kappa shape index (κ2) is 5.93. The Labute approximate surface area is 128 Å². The average Bonchev–Trinajstić information content (AvgIpc) is 3.00. The molecule has 2 aromatic rings. The number of nitrogens with two attached hydrogens (primary N) is 1. The van der Waals surface area contributed by atoms with Crippen LogP contribution >= 0.6 is 22.7 Å². The summed E-state index contributed by atoms with van der Waals surface area (Å²) in [5, 5.41) is 1.18. The molecule has 0 aliphatic heterocycles. The molecule has 5 heteroatoms. The van der Waals surface area contributed by atoms with Gasteiger partial charge in [-0.2, -0.15) is 0 Å². The summed E-state index contributed by atoms with van der Waals surface area (Å²) in [6.07, 6.45) is 6.02.